The topological polar surface area (TPSA) is 93.4 Å². The third-order valence-corrected chi connectivity index (χ3v) is 7.05. The molecule has 0 saturated carbocycles. The Hall–Kier alpha value is -3.11. The highest BCUT2D eigenvalue weighted by molar-refractivity contribution is 7.17. The molecule has 1 aliphatic rings. The maximum atomic E-state index is 13.4. The Morgan fingerprint density at radius 3 is 2.74 bits per heavy atom. The molecule has 10 heteroatoms. The van der Waals surface area contributed by atoms with Gasteiger partial charge in [-0.2, -0.15) is 0 Å². The van der Waals surface area contributed by atoms with Crippen LogP contribution in [-0.2, 0) is 6.54 Å². The number of benzene rings is 1. The molecule has 0 spiro atoms. The molecule has 1 aromatic carbocycles. The van der Waals surface area contributed by atoms with Gasteiger partial charge in [0, 0.05) is 25.4 Å². The van der Waals surface area contributed by atoms with Crippen molar-refractivity contribution >= 4 is 23.1 Å². The lowest BCUT2D eigenvalue weighted by Gasteiger charge is -2.32. The Bertz CT molecular complexity index is 1150. The molecule has 0 unspecified atom stereocenters. The molecule has 4 rings (SSSR count). The number of rotatable bonds is 9. The number of likely N-dealkylation sites (tertiary alicyclic amines) is 1. The molecule has 3 N–H and O–H groups in total. The number of thiazole rings is 1. The summed E-state index contributed by atoms with van der Waals surface area (Å²) in [6, 6.07) is 7.73. The number of halogens is 2. The van der Waals surface area contributed by atoms with E-state index in [9.17, 15) is 13.6 Å². The summed E-state index contributed by atoms with van der Waals surface area (Å²) in [5, 5.41) is 3.63. The molecule has 0 bridgehead atoms. The summed E-state index contributed by atoms with van der Waals surface area (Å²) < 4.78 is 32.4. The van der Waals surface area contributed by atoms with Crippen molar-refractivity contribution in [1.82, 2.24) is 14.9 Å². The van der Waals surface area contributed by atoms with Gasteiger partial charge in [0.2, 0.25) is 5.88 Å². The number of nitrogens with two attached hydrogens (primary N) is 1. The van der Waals surface area contributed by atoms with Gasteiger partial charge in [-0.05, 0) is 68.1 Å². The molecular formula is C24H27F2N5O2S. The fourth-order valence-corrected chi connectivity index (χ4v) is 4.89. The number of nitrogens with one attached hydrogen (secondary N) is 1. The Labute approximate surface area is 201 Å². The van der Waals surface area contributed by atoms with Gasteiger partial charge in [-0.3, -0.25) is 9.69 Å². The summed E-state index contributed by atoms with van der Waals surface area (Å²) in [6.07, 6.45) is 4.49. The van der Waals surface area contributed by atoms with E-state index in [-0.39, 0.29) is 5.88 Å². The largest absolute Gasteiger partial charge is 0.476 e. The van der Waals surface area contributed by atoms with Crippen molar-refractivity contribution in [1.29, 1.82) is 0 Å². The minimum atomic E-state index is -0.822. The first-order valence-electron chi connectivity index (χ1n) is 11.2. The Kier molecular flexibility index (Phi) is 7.69. The summed E-state index contributed by atoms with van der Waals surface area (Å²) >= 11 is 1.21. The van der Waals surface area contributed by atoms with Crippen LogP contribution in [0.15, 0.2) is 36.5 Å². The van der Waals surface area contributed by atoms with E-state index in [1.807, 2.05) is 12.1 Å². The lowest BCUT2D eigenvalue weighted by molar-refractivity contribution is 0.0999. The number of carbonyl (C=O) groups is 1. The maximum Gasteiger partial charge on any atom is 0.264 e. The van der Waals surface area contributed by atoms with Gasteiger partial charge in [-0.25, -0.2) is 18.7 Å². The van der Waals surface area contributed by atoms with Gasteiger partial charge in [0.25, 0.3) is 5.91 Å². The highest BCUT2D eigenvalue weighted by Gasteiger charge is 2.22. The van der Waals surface area contributed by atoms with E-state index in [1.54, 1.807) is 19.3 Å². The summed E-state index contributed by atoms with van der Waals surface area (Å²) in [5.41, 5.74) is 7.15. The number of amides is 1. The second-order valence-electron chi connectivity index (χ2n) is 8.30. The normalized spacial score (nSPS) is 14.8. The number of hydrogen-bond donors (Lipinski definition) is 2. The first-order chi connectivity index (χ1) is 16.4. The van der Waals surface area contributed by atoms with Crippen LogP contribution in [0.4, 0.5) is 14.6 Å². The first kappa shape index (κ1) is 24.0. The number of hydrogen-bond acceptors (Lipinski definition) is 7. The monoisotopic (exact) mass is 487 g/mol. The number of carbonyl (C=O) groups excluding carboxylic acids is 1. The van der Waals surface area contributed by atoms with Gasteiger partial charge in [0.15, 0.2) is 16.5 Å². The highest BCUT2D eigenvalue weighted by Crippen LogP contribution is 2.33. The molecule has 1 saturated heterocycles. The first-order valence-corrected chi connectivity index (χ1v) is 12.0. The third-order valence-electron chi connectivity index (χ3n) is 5.95. The Morgan fingerprint density at radius 1 is 1.24 bits per heavy atom. The third kappa shape index (κ3) is 5.87. The molecule has 0 atom stereocenters. The van der Waals surface area contributed by atoms with Crippen molar-refractivity contribution in [2.75, 3.05) is 32.1 Å². The fraction of sp³-hybridized carbons (Fsp3) is 0.375. The Balaban J connectivity index is 1.29. The molecule has 2 aromatic heterocycles. The predicted octanol–water partition coefficient (Wildman–Crippen LogP) is 4.31. The summed E-state index contributed by atoms with van der Waals surface area (Å²) in [7, 11) is 1.78. The van der Waals surface area contributed by atoms with Crippen LogP contribution in [0.25, 0.3) is 10.6 Å². The van der Waals surface area contributed by atoms with Crippen LogP contribution in [0, 0.1) is 17.6 Å². The van der Waals surface area contributed by atoms with Crippen LogP contribution in [-0.4, -0.2) is 47.5 Å². The molecule has 0 aliphatic carbocycles. The fourth-order valence-electron chi connectivity index (χ4n) is 4.04. The quantitative estimate of drug-likeness (QED) is 0.467. The summed E-state index contributed by atoms with van der Waals surface area (Å²) in [4.78, 5) is 23.2. The average Bonchev–Trinajstić information content (AvgIpc) is 3.27. The van der Waals surface area contributed by atoms with Crippen molar-refractivity contribution in [3.05, 3.63) is 58.6 Å². The van der Waals surface area contributed by atoms with Crippen molar-refractivity contribution in [2.45, 2.75) is 25.8 Å². The van der Waals surface area contributed by atoms with Crippen LogP contribution in [0.2, 0.25) is 0 Å². The van der Waals surface area contributed by atoms with Gasteiger partial charge in [0.05, 0.1) is 6.61 Å². The zero-order chi connectivity index (χ0) is 24.1. The standard InChI is InChI=1S/C24H27F2N5O2S/c1-28-20-13-17(4-8-29-20)24-30-23(21(34-24)22(27)32)33-11-7-15-5-9-31(10-6-15)14-16-2-3-18(25)19(26)12-16/h2-4,8,12-13,15H,5-7,9-11,14H2,1H3,(H2,27,32)(H,28,29). The molecule has 3 heterocycles. The van der Waals surface area contributed by atoms with Crippen LogP contribution >= 0.6 is 11.3 Å². The number of ether oxygens (including phenoxy) is 1. The molecule has 7 nitrogen and oxygen atoms in total. The molecular weight excluding hydrogens is 460 g/mol. The molecule has 3 aromatic rings. The van der Waals surface area contributed by atoms with Gasteiger partial charge >= 0.3 is 0 Å². The smallest absolute Gasteiger partial charge is 0.264 e. The number of pyridine rings is 1. The Morgan fingerprint density at radius 2 is 2.03 bits per heavy atom. The number of nitrogens with zero attached hydrogens (tertiary/aromatic N) is 3. The van der Waals surface area contributed by atoms with Gasteiger partial charge in [0.1, 0.15) is 10.8 Å². The molecule has 1 fully saturated rings. The minimum Gasteiger partial charge on any atom is -0.476 e. The highest BCUT2D eigenvalue weighted by atomic mass is 32.1. The predicted molar refractivity (Wildman–Crippen MR) is 128 cm³/mol. The lowest BCUT2D eigenvalue weighted by atomic mass is 9.93. The number of primary amides is 1. The van der Waals surface area contributed by atoms with E-state index in [2.05, 4.69) is 20.2 Å². The molecule has 180 valence electrons. The minimum absolute atomic E-state index is 0.270. The second-order valence-corrected chi connectivity index (χ2v) is 9.30. The summed E-state index contributed by atoms with van der Waals surface area (Å²) in [5.74, 6) is -0.742. The molecule has 1 amide bonds. The number of anilines is 1. The van der Waals surface area contributed by atoms with E-state index in [0.29, 0.717) is 34.8 Å². The van der Waals surface area contributed by atoms with E-state index in [1.165, 1.54) is 23.5 Å². The van der Waals surface area contributed by atoms with E-state index < -0.39 is 17.5 Å². The van der Waals surface area contributed by atoms with Gasteiger partial charge < -0.3 is 15.8 Å². The molecule has 0 radical (unpaired) electrons. The maximum absolute atomic E-state index is 13.4. The van der Waals surface area contributed by atoms with Crippen LogP contribution < -0.4 is 15.8 Å². The SMILES string of the molecule is CNc1cc(-c2nc(OCCC3CCN(Cc4ccc(F)c(F)c4)CC3)c(C(N)=O)s2)ccn1. The number of piperidine rings is 1. The zero-order valence-corrected chi connectivity index (χ0v) is 19.7. The second kappa shape index (κ2) is 10.9. The lowest BCUT2D eigenvalue weighted by Crippen LogP contribution is -2.33. The van der Waals surface area contributed by atoms with E-state index >= 15 is 0 Å². The van der Waals surface area contributed by atoms with Crippen LogP contribution in [0.1, 0.15) is 34.5 Å². The van der Waals surface area contributed by atoms with Crippen molar-refractivity contribution in [3.63, 3.8) is 0 Å². The van der Waals surface area contributed by atoms with Gasteiger partial charge in [-0.1, -0.05) is 6.07 Å². The van der Waals surface area contributed by atoms with E-state index in [0.717, 1.165) is 43.5 Å². The van der Waals surface area contributed by atoms with E-state index in [4.69, 9.17) is 10.5 Å². The number of aromatic nitrogens is 2. The van der Waals surface area contributed by atoms with Crippen LogP contribution in [0.5, 0.6) is 5.88 Å². The average molecular weight is 488 g/mol. The van der Waals surface area contributed by atoms with Crippen LogP contribution in [0.3, 0.4) is 0 Å². The van der Waals surface area contributed by atoms with Crippen molar-refractivity contribution < 1.29 is 18.3 Å². The van der Waals surface area contributed by atoms with Crippen molar-refractivity contribution in [3.8, 4) is 16.5 Å². The summed E-state index contributed by atoms with van der Waals surface area (Å²) in [6.45, 7) is 2.81. The molecule has 34 heavy (non-hydrogen) atoms. The van der Waals surface area contributed by atoms with Crippen molar-refractivity contribution in [2.24, 2.45) is 11.7 Å². The zero-order valence-electron chi connectivity index (χ0n) is 18.9. The van der Waals surface area contributed by atoms with Gasteiger partial charge in [-0.15, -0.1) is 11.3 Å². The molecule has 1 aliphatic heterocycles.